The lowest BCUT2D eigenvalue weighted by Crippen LogP contribution is -2.02. The zero-order valence-corrected chi connectivity index (χ0v) is 10.3. The van der Waals surface area contributed by atoms with E-state index in [1.807, 2.05) is 16.8 Å². The van der Waals surface area contributed by atoms with Crippen LogP contribution in [0.1, 0.15) is 10.4 Å². The highest BCUT2D eigenvalue weighted by Crippen LogP contribution is 2.27. The van der Waals surface area contributed by atoms with Crippen LogP contribution < -0.4 is 0 Å². The number of nitrogens with zero attached hydrogens (tertiary/aromatic N) is 1. The predicted molar refractivity (Wildman–Crippen MR) is 67.7 cm³/mol. The second kappa shape index (κ2) is 4.97. The average Bonchev–Trinajstić information content (AvgIpc) is 2.91. The van der Waals surface area contributed by atoms with Gasteiger partial charge >= 0.3 is 5.97 Å². The standard InChI is InChI=1S/C12H9NO4S/c1-17-12(14)10-4-9(8-2-3-18-7-8)5-11(6-10)13(15)16/h2-7H,1H3. The molecule has 2 rings (SSSR count). The van der Waals surface area contributed by atoms with E-state index in [0.717, 1.165) is 5.56 Å². The highest BCUT2D eigenvalue weighted by Gasteiger charge is 2.15. The van der Waals surface area contributed by atoms with Crippen molar-refractivity contribution in [3.63, 3.8) is 0 Å². The quantitative estimate of drug-likeness (QED) is 0.484. The average molecular weight is 263 g/mol. The Balaban J connectivity index is 2.57. The fourth-order valence-electron chi connectivity index (χ4n) is 1.55. The van der Waals surface area contributed by atoms with Crippen LogP contribution in [0.15, 0.2) is 35.0 Å². The lowest BCUT2D eigenvalue weighted by atomic mass is 10.0. The molecule has 0 unspecified atom stereocenters. The molecular formula is C12H9NO4S. The number of carbonyl (C=O) groups excluding carboxylic acids is 1. The maximum atomic E-state index is 11.5. The van der Waals surface area contributed by atoms with Crippen LogP contribution in [0.5, 0.6) is 0 Å². The summed E-state index contributed by atoms with van der Waals surface area (Å²) in [5, 5.41) is 14.6. The first kappa shape index (κ1) is 12.3. The van der Waals surface area contributed by atoms with Crippen molar-refractivity contribution in [2.24, 2.45) is 0 Å². The minimum absolute atomic E-state index is 0.126. The zero-order chi connectivity index (χ0) is 13.1. The van der Waals surface area contributed by atoms with Gasteiger partial charge in [-0.05, 0) is 34.0 Å². The molecule has 1 aromatic heterocycles. The van der Waals surface area contributed by atoms with Crippen molar-refractivity contribution in [3.05, 3.63) is 50.7 Å². The van der Waals surface area contributed by atoms with Crippen molar-refractivity contribution in [2.75, 3.05) is 7.11 Å². The van der Waals surface area contributed by atoms with Gasteiger partial charge in [-0.3, -0.25) is 10.1 Å². The summed E-state index contributed by atoms with van der Waals surface area (Å²) in [6.45, 7) is 0. The maximum Gasteiger partial charge on any atom is 0.338 e. The summed E-state index contributed by atoms with van der Waals surface area (Å²) in [5.41, 5.74) is 1.52. The normalized spacial score (nSPS) is 10.1. The third-order valence-electron chi connectivity index (χ3n) is 2.40. The molecule has 0 N–H and O–H groups in total. The van der Waals surface area contributed by atoms with Crippen molar-refractivity contribution in [3.8, 4) is 11.1 Å². The van der Waals surface area contributed by atoms with E-state index in [-0.39, 0.29) is 11.3 Å². The monoisotopic (exact) mass is 263 g/mol. The highest BCUT2D eigenvalue weighted by atomic mass is 32.1. The third kappa shape index (κ3) is 2.38. The Morgan fingerprint density at radius 1 is 1.33 bits per heavy atom. The zero-order valence-electron chi connectivity index (χ0n) is 9.45. The Morgan fingerprint density at radius 2 is 2.11 bits per heavy atom. The number of nitro groups is 1. The number of esters is 1. The van der Waals surface area contributed by atoms with Gasteiger partial charge in [0.15, 0.2) is 0 Å². The molecule has 0 fully saturated rings. The van der Waals surface area contributed by atoms with Crippen molar-refractivity contribution >= 4 is 23.0 Å². The number of benzene rings is 1. The van der Waals surface area contributed by atoms with Crippen LogP contribution in [-0.4, -0.2) is 18.0 Å². The Bertz CT molecular complexity index is 592. The number of methoxy groups -OCH3 is 1. The Morgan fingerprint density at radius 3 is 2.67 bits per heavy atom. The summed E-state index contributed by atoms with van der Waals surface area (Å²) >= 11 is 1.48. The van der Waals surface area contributed by atoms with E-state index in [1.165, 1.54) is 30.6 Å². The molecule has 5 nitrogen and oxygen atoms in total. The van der Waals surface area contributed by atoms with Gasteiger partial charge < -0.3 is 4.74 Å². The molecule has 0 radical (unpaired) electrons. The first-order chi connectivity index (χ1) is 8.61. The van der Waals surface area contributed by atoms with Gasteiger partial charge in [0.1, 0.15) is 0 Å². The maximum absolute atomic E-state index is 11.5. The van der Waals surface area contributed by atoms with Crippen molar-refractivity contribution in [1.82, 2.24) is 0 Å². The molecule has 0 saturated carbocycles. The van der Waals surface area contributed by atoms with E-state index < -0.39 is 10.9 Å². The molecule has 0 bridgehead atoms. The van der Waals surface area contributed by atoms with Crippen molar-refractivity contribution in [1.29, 1.82) is 0 Å². The molecule has 0 aliphatic heterocycles. The fraction of sp³-hybridized carbons (Fsp3) is 0.0833. The number of nitro benzene ring substituents is 1. The van der Waals surface area contributed by atoms with E-state index in [0.29, 0.717) is 5.56 Å². The summed E-state index contributed by atoms with van der Waals surface area (Å²) < 4.78 is 4.58. The molecule has 0 amide bonds. The molecule has 1 aromatic carbocycles. The topological polar surface area (TPSA) is 69.4 Å². The summed E-state index contributed by atoms with van der Waals surface area (Å²) in [5.74, 6) is -0.588. The van der Waals surface area contributed by atoms with Gasteiger partial charge in [-0.25, -0.2) is 4.79 Å². The molecule has 0 aliphatic carbocycles. The van der Waals surface area contributed by atoms with Crippen LogP contribution >= 0.6 is 11.3 Å². The number of non-ortho nitro benzene ring substituents is 1. The molecule has 2 aromatic rings. The smallest absolute Gasteiger partial charge is 0.338 e. The van der Waals surface area contributed by atoms with E-state index in [1.54, 1.807) is 6.07 Å². The SMILES string of the molecule is COC(=O)c1cc(-c2ccsc2)cc([N+](=O)[O-])c1. The van der Waals surface area contributed by atoms with E-state index >= 15 is 0 Å². The Labute approximate surface area is 107 Å². The van der Waals surface area contributed by atoms with Gasteiger partial charge in [-0.1, -0.05) is 0 Å². The number of carbonyl (C=O) groups is 1. The van der Waals surface area contributed by atoms with Gasteiger partial charge in [0.2, 0.25) is 0 Å². The van der Waals surface area contributed by atoms with Crippen LogP contribution in [0.3, 0.4) is 0 Å². The van der Waals surface area contributed by atoms with Crippen LogP contribution in [0.4, 0.5) is 5.69 Å². The number of rotatable bonds is 3. The third-order valence-corrected chi connectivity index (χ3v) is 3.09. The molecule has 18 heavy (non-hydrogen) atoms. The summed E-state index contributed by atoms with van der Waals surface area (Å²) in [6.07, 6.45) is 0. The number of hydrogen-bond donors (Lipinski definition) is 0. The van der Waals surface area contributed by atoms with E-state index in [4.69, 9.17) is 0 Å². The van der Waals surface area contributed by atoms with Gasteiger partial charge in [-0.15, -0.1) is 0 Å². The molecule has 0 aliphatic rings. The Kier molecular flexibility index (Phi) is 3.38. The molecule has 92 valence electrons. The molecular weight excluding hydrogens is 254 g/mol. The lowest BCUT2D eigenvalue weighted by molar-refractivity contribution is -0.384. The van der Waals surface area contributed by atoms with Crippen LogP contribution in [0.25, 0.3) is 11.1 Å². The van der Waals surface area contributed by atoms with Gasteiger partial charge in [0.05, 0.1) is 17.6 Å². The highest BCUT2D eigenvalue weighted by molar-refractivity contribution is 7.08. The molecule has 1 heterocycles. The number of ether oxygens (including phenoxy) is 1. The van der Waals surface area contributed by atoms with E-state index in [9.17, 15) is 14.9 Å². The summed E-state index contributed by atoms with van der Waals surface area (Å²) in [7, 11) is 1.24. The lowest BCUT2D eigenvalue weighted by Gasteiger charge is -2.03. The number of thiophene rings is 1. The first-order valence-corrected chi connectivity index (χ1v) is 5.96. The largest absolute Gasteiger partial charge is 0.465 e. The minimum atomic E-state index is -0.588. The minimum Gasteiger partial charge on any atom is -0.465 e. The van der Waals surface area contributed by atoms with Crippen molar-refractivity contribution in [2.45, 2.75) is 0 Å². The van der Waals surface area contributed by atoms with Crippen molar-refractivity contribution < 1.29 is 14.5 Å². The second-order valence-electron chi connectivity index (χ2n) is 3.53. The van der Waals surface area contributed by atoms with Gasteiger partial charge in [-0.2, -0.15) is 11.3 Å². The first-order valence-electron chi connectivity index (χ1n) is 5.02. The van der Waals surface area contributed by atoms with Crippen LogP contribution in [0, 0.1) is 10.1 Å². The predicted octanol–water partition coefficient (Wildman–Crippen LogP) is 3.11. The molecule has 0 spiro atoms. The number of hydrogen-bond acceptors (Lipinski definition) is 5. The molecule has 6 heteroatoms. The van der Waals surface area contributed by atoms with Gasteiger partial charge in [0.25, 0.3) is 5.69 Å². The van der Waals surface area contributed by atoms with E-state index in [2.05, 4.69) is 4.74 Å². The molecule has 0 saturated heterocycles. The fourth-order valence-corrected chi connectivity index (χ4v) is 2.21. The van der Waals surface area contributed by atoms with Crippen LogP contribution in [-0.2, 0) is 4.74 Å². The second-order valence-corrected chi connectivity index (χ2v) is 4.31. The van der Waals surface area contributed by atoms with Crippen LogP contribution in [0.2, 0.25) is 0 Å². The molecule has 0 atom stereocenters. The summed E-state index contributed by atoms with van der Waals surface area (Å²) in [6, 6.07) is 6.07. The summed E-state index contributed by atoms with van der Waals surface area (Å²) in [4.78, 5) is 21.8. The Hall–Kier alpha value is -2.21. The van der Waals surface area contributed by atoms with Gasteiger partial charge in [0, 0.05) is 12.1 Å².